The summed E-state index contributed by atoms with van der Waals surface area (Å²) in [4.78, 5) is 22.4. The van der Waals surface area contributed by atoms with Gasteiger partial charge in [-0.25, -0.2) is 18.7 Å². The van der Waals surface area contributed by atoms with Gasteiger partial charge in [0.1, 0.15) is 23.7 Å². The average Bonchev–Trinajstić information content (AvgIpc) is 3.36. The lowest BCUT2D eigenvalue weighted by Crippen LogP contribution is -2.32. The summed E-state index contributed by atoms with van der Waals surface area (Å²) in [6.07, 6.45) is 3.02. The molecule has 0 spiro atoms. The van der Waals surface area contributed by atoms with E-state index in [1.54, 1.807) is 10.5 Å². The number of carbonyl (C=O) groups is 1. The van der Waals surface area contributed by atoms with Gasteiger partial charge in [-0.2, -0.15) is 0 Å². The van der Waals surface area contributed by atoms with Crippen molar-refractivity contribution in [2.24, 2.45) is 0 Å². The number of nitrogens with zero attached hydrogens (tertiary/aromatic N) is 4. The number of hydrogen-bond acceptors (Lipinski definition) is 5. The Balaban J connectivity index is 1.62. The molecular formula is C20H15F2N5O2. The van der Waals surface area contributed by atoms with Crippen molar-refractivity contribution in [1.82, 2.24) is 19.3 Å². The third-order valence-electron chi connectivity index (χ3n) is 4.96. The fraction of sp³-hybridized carbons (Fsp3) is 0.150. The Labute approximate surface area is 167 Å². The predicted molar refractivity (Wildman–Crippen MR) is 102 cm³/mol. The number of ether oxygens (including phenoxy) is 1. The van der Waals surface area contributed by atoms with Gasteiger partial charge >= 0.3 is 0 Å². The molecule has 5 rings (SSSR count). The molecule has 7 nitrogen and oxygen atoms in total. The first-order chi connectivity index (χ1) is 15.1. The molecule has 0 saturated heterocycles. The summed E-state index contributed by atoms with van der Waals surface area (Å²) < 4.78 is 58.2. The van der Waals surface area contributed by atoms with Crippen LogP contribution in [0.4, 0.5) is 14.6 Å². The van der Waals surface area contributed by atoms with Crippen LogP contribution in [0.3, 0.4) is 0 Å². The van der Waals surface area contributed by atoms with E-state index < -0.39 is 30.6 Å². The summed E-state index contributed by atoms with van der Waals surface area (Å²) >= 11 is 0. The van der Waals surface area contributed by atoms with Crippen LogP contribution in [-0.4, -0.2) is 38.8 Å². The number of rotatable bonds is 2. The van der Waals surface area contributed by atoms with Crippen LogP contribution in [-0.2, 0) is 0 Å². The number of aromatic nitrogens is 3. The molecule has 0 unspecified atom stereocenters. The number of nitrogens with two attached hydrogens (primary N) is 1. The first-order valence-corrected chi connectivity index (χ1v) is 8.62. The molecule has 29 heavy (non-hydrogen) atoms. The molecule has 2 N–H and O–H groups in total. The van der Waals surface area contributed by atoms with Crippen LogP contribution in [0, 0.1) is 11.6 Å². The van der Waals surface area contributed by atoms with E-state index >= 15 is 0 Å². The smallest absolute Gasteiger partial charge is 0.254 e. The Morgan fingerprint density at radius 2 is 2.14 bits per heavy atom. The van der Waals surface area contributed by atoms with E-state index in [0.29, 0.717) is 21.5 Å². The summed E-state index contributed by atoms with van der Waals surface area (Å²) in [6.45, 7) is -3.13. The molecule has 0 saturated carbocycles. The van der Waals surface area contributed by atoms with Gasteiger partial charge in [0.2, 0.25) is 0 Å². The van der Waals surface area contributed by atoms with Gasteiger partial charge < -0.3 is 15.4 Å². The van der Waals surface area contributed by atoms with Gasteiger partial charge in [0, 0.05) is 28.3 Å². The second kappa shape index (κ2) is 6.13. The van der Waals surface area contributed by atoms with Crippen LogP contribution >= 0.6 is 0 Å². The largest absolute Gasteiger partial charge is 0.491 e. The normalized spacial score (nSPS) is 17.4. The van der Waals surface area contributed by atoms with Gasteiger partial charge in [0.05, 0.1) is 29.6 Å². The predicted octanol–water partition coefficient (Wildman–Crippen LogP) is 2.95. The standard InChI is InChI=1S/C20H15F2N5O2/c1-26(17-8-29-18-6-13(22)12(21)5-11(17)18)20(28)10-2-3-14-15(4-10)27-9-24-7-16(27)19(23)25-14/h2-7,9,17H,8H2,1H3,(H2,23,25)/t17-/m1/s1/i1D3. The van der Waals surface area contributed by atoms with Crippen molar-refractivity contribution in [1.29, 1.82) is 0 Å². The van der Waals surface area contributed by atoms with E-state index in [0.717, 1.165) is 12.1 Å². The highest BCUT2D eigenvalue weighted by atomic mass is 19.2. The number of benzene rings is 2. The second-order valence-corrected chi connectivity index (χ2v) is 6.66. The minimum absolute atomic E-state index is 0.00531. The van der Waals surface area contributed by atoms with Gasteiger partial charge in [-0.3, -0.25) is 9.20 Å². The summed E-state index contributed by atoms with van der Waals surface area (Å²) in [5, 5.41) is 0. The first kappa shape index (κ1) is 14.3. The molecule has 1 aliphatic heterocycles. The lowest BCUT2D eigenvalue weighted by Gasteiger charge is -2.24. The Kier molecular flexibility index (Phi) is 3.02. The van der Waals surface area contributed by atoms with Crippen LogP contribution in [0.15, 0.2) is 42.9 Å². The maximum absolute atomic E-state index is 13.9. The van der Waals surface area contributed by atoms with E-state index in [-0.39, 0.29) is 29.3 Å². The molecule has 0 radical (unpaired) electrons. The van der Waals surface area contributed by atoms with Crippen molar-refractivity contribution in [3.8, 4) is 5.75 Å². The number of fused-ring (bicyclic) bond motifs is 4. The number of halogens is 2. The number of carbonyl (C=O) groups excluding carboxylic acids is 1. The van der Waals surface area contributed by atoms with Crippen molar-refractivity contribution in [2.75, 3.05) is 19.3 Å². The molecule has 0 aliphatic carbocycles. The fourth-order valence-corrected chi connectivity index (χ4v) is 3.49. The number of imidazole rings is 1. The number of likely N-dealkylation sites (N-methyl/N-ethyl adjacent to an activating group) is 1. The van der Waals surface area contributed by atoms with Crippen molar-refractivity contribution in [2.45, 2.75) is 6.04 Å². The van der Waals surface area contributed by atoms with Crippen LogP contribution < -0.4 is 10.5 Å². The molecule has 1 amide bonds. The molecule has 1 aliphatic rings. The van der Waals surface area contributed by atoms with Gasteiger partial charge in [0.15, 0.2) is 11.6 Å². The molecule has 0 bridgehead atoms. The lowest BCUT2D eigenvalue weighted by molar-refractivity contribution is 0.0708. The van der Waals surface area contributed by atoms with E-state index in [1.165, 1.54) is 24.7 Å². The maximum Gasteiger partial charge on any atom is 0.254 e. The average molecular weight is 398 g/mol. The number of amides is 1. The van der Waals surface area contributed by atoms with Crippen LogP contribution in [0.2, 0.25) is 0 Å². The molecule has 3 heterocycles. The summed E-state index contributed by atoms with van der Waals surface area (Å²) in [7, 11) is 0. The molecule has 9 heteroatoms. The summed E-state index contributed by atoms with van der Waals surface area (Å²) in [5.41, 5.74) is 7.59. The third-order valence-corrected chi connectivity index (χ3v) is 4.96. The van der Waals surface area contributed by atoms with Crippen molar-refractivity contribution in [3.63, 3.8) is 0 Å². The molecule has 1 atom stereocenters. The molecule has 2 aromatic carbocycles. The monoisotopic (exact) mass is 398 g/mol. The highest BCUT2D eigenvalue weighted by molar-refractivity contribution is 5.98. The molecule has 146 valence electrons. The highest BCUT2D eigenvalue weighted by Crippen LogP contribution is 2.37. The Hall–Kier alpha value is -3.75. The lowest BCUT2D eigenvalue weighted by atomic mass is 10.1. The zero-order valence-corrected chi connectivity index (χ0v) is 14.8. The van der Waals surface area contributed by atoms with Crippen molar-refractivity contribution >= 4 is 28.3 Å². The zero-order chi connectivity index (χ0) is 22.8. The van der Waals surface area contributed by atoms with E-state index in [1.807, 2.05) is 0 Å². The Bertz CT molecular complexity index is 1410. The molecule has 2 aromatic heterocycles. The van der Waals surface area contributed by atoms with E-state index in [2.05, 4.69) is 9.97 Å². The van der Waals surface area contributed by atoms with E-state index in [4.69, 9.17) is 14.6 Å². The molecule has 0 fully saturated rings. The summed E-state index contributed by atoms with van der Waals surface area (Å²) in [5.74, 6) is -2.86. The topological polar surface area (TPSA) is 85.8 Å². The highest BCUT2D eigenvalue weighted by Gasteiger charge is 2.32. The van der Waals surface area contributed by atoms with Crippen molar-refractivity contribution < 1.29 is 22.4 Å². The first-order valence-electron chi connectivity index (χ1n) is 10.1. The fourth-order valence-electron chi connectivity index (χ4n) is 3.49. The second-order valence-electron chi connectivity index (χ2n) is 6.66. The maximum atomic E-state index is 13.9. The van der Waals surface area contributed by atoms with Gasteiger partial charge in [-0.15, -0.1) is 0 Å². The van der Waals surface area contributed by atoms with Crippen LogP contribution in [0.1, 0.15) is 26.1 Å². The molecular weight excluding hydrogens is 380 g/mol. The number of hydrogen-bond donors (Lipinski definition) is 1. The van der Waals surface area contributed by atoms with E-state index in [9.17, 15) is 13.6 Å². The Morgan fingerprint density at radius 3 is 2.97 bits per heavy atom. The van der Waals surface area contributed by atoms with Crippen molar-refractivity contribution in [3.05, 3.63) is 65.6 Å². The number of nitrogen functional groups attached to an aromatic ring is 1. The van der Waals surface area contributed by atoms with Gasteiger partial charge in [0.25, 0.3) is 5.91 Å². The SMILES string of the molecule is [2H]C([2H])([2H])N(C(=O)c1ccc2nc(N)c3cncn3c2c1)[C@@H]1COc2cc(F)c(F)cc21. The number of anilines is 1. The zero-order valence-electron chi connectivity index (χ0n) is 17.8. The van der Waals surface area contributed by atoms with Crippen LogP contribution in [0.25, 0.3) is 16.6 Å². The minimum atomic E-state index is -2.88. The minimum Gasteiger partial charge on any atom is -0.491 e. The summed E-state index contributed by atoms with van der Waals surface area (Å²) in [6, 6.07) is 5.03. The Morgan fingerprint density at radius 1 is 1.31 bits per heavy atom. The van der Waals surface area contributed by atoms with Gasteiger partial charge in [-0.05, 0) is 24.3 Å². The van der Waals surface area contributed by atoms with Crippen LogP contribution in [0.5, 0.6) is 5.75 Å². The third kappa shape index (κ3) is 2.58. The quantitative estimate of drug-likeness (QED) is 0.561. The molecule has 4 aromatic rings. The van der Waals surface area contributed by atoms with Gasteiger partial charge in [-0.1, -0.05) is 0 Å².